The van der Waals surface area contributed by atoms with Gasteiger partial charge in [0.1, 0.15) is 0 Å². The first-order valence-electron chi connectivity index (χ1n) is 8.41. The molecule has 1 aromatic carbocycles. The molecule has 24 heavy (non-hydrogen) atoms. The minimum Gasteiger partial charge on any atom is -0.334 e. The summed E-state index contributed by atoms with van der Waals surface area (Å²) in [5, 5.41) is 10.7. The number of hydrogen-bond acceptors (Lipinski definition) is 6. The van der Waals surface area contributed by atoms with Crippen LogP contribution in [0.5, 0.6) is 0 Å². The Kier molecular flexibility index (Phi) is 4.08. The van der Waals surface area contributed by atoms with E-state index in [0.717, 1.165) is 36.5 Å². The summed E-state index contributed by atoms with van der Waals surface area (Å²) < 4.78 is 5.48. The first-order valence-corrected chi connectivity index (χ1v) is 9.80. The average molecular weight is 342 g/mol. The van der Waals surface area contributed by atoms with Gasteiger partial charge in [0.05, 0.1) is 5.69 Å². The number of hydrogen-bond donors (Lipinski definition) is 0. The van der Waals surface area contributed by atoms with Crippen LogP contribution in [0.3, 0.4) is 0 Å². The van der Waals surface area contributed by atoms with Crippen molar-refractivity contribution >= 4 is 23.2 Å². The van der Waals surface area contributed by atoms with Gasteiger partial charge in [-0.25, -0.2) is 0 Å². The van der Waals surface area contributed by atoms with E-state index in [9.17, 15) is 0 Å². The Bertz CT molecular complexity index is 749. The Morgan fingerprint density at radius 2 is 2.04 bits per heavy atom. The SMILES string of the molecule is CSCC1(Cc2noc(-c3ccc(N4CCC(C)=N4)cc3)n2)CC1. The summed E-state index contributed by atoms with van der Waals surface area (Å²) >= 11 is 1.91. The van der Waals surface area contributed by atoms with Crippen molar-refractivity contribution in [2.45, 2.75) is 32.6 Å². The van der Waals surface area contributed by atoms with E-state index in [1.165, 1.54) is 24.3 Å². The average Bonchev–Trinajstić information content (AvgIpc) is 2.97. The summed E-state index contributed by atoms with van der Waals surface area (Å²) in [6, 6.07) is 8.20. The fourth-order valence-electron chi connectivity index (χ4n) is 3.17. The van der Waals surface area contributed by atoms with Crippen molar-refractivity contribution in [2.75, 3.05) is 23.6 Å². The van der Waals surface area contributed by atoms with E-state index >= 15 is 0 Å². The number of nitrogens with zero attached hydrogens (tertiary/aromatic N) is 4. The van der Waals surface area contributed by atoms with E-state index in [1.54, 1.807) is 0 Å². The zero-order valence-electron chi connectivity index (χ0n) is 14.2. The molecule has 2 aromatic rings. The molecule has 0 saturated heterocycles. The summed E-state index contributed by atoms with van der Waals surface area (Å²) in [4.78, 5) is 4.60. The number of rotatable bonds is 6. The highest BCUT2D eigenvalue weighted by Gasteiger charge is 2.43. The van der Waals surface area contributed by atoms with Crippen molar-refractivity contribution in [2.24, 2.45) is 10.5 Å². The molecular formula is C18H22N4OS. The molecule has 0 atom stereocenters. The zero-order valence-corrected chi connectivity index (χ0v) is 15.0. The van der Waals surface area contributed by atoms with Crippen molar-refractivity contribution in [3.63, 3.8) is 0 Å². The second kappa shape index (κ2) is 6.24. The molecule has 1 aromatic heterocycles. The Hall–Kier alpha value is -1.82. The molecule has 126 valence electrons. The minimum absolute atomic E-state index is 0.413. The summed E-state index contributed by atoms with van der Waals surface area (Å²) in [5.41, 5.74) is 3.66. The lowest BCUT2D eigenvalue weighted by Gasteiger charge is -2.13. The smallest absolute Gasteiger partial charge is 0.257 e. The van der Waals surface area contributed by atoms with Crippen LogP contribution in [0.2, 0.25) is 0 Å². The Morgan fingerprint density at radius 1 is 1.25 bits per heavy atom. The molecular weight excluding hydrogens is 320 g/mol. The van der Waals surface area contributed by atoms with Gasteiger partial charge in [-0.2, -0.15) is 21.8 Å². The normalized spacial score (nSPS) is 18.8. The third-order valence-corrected chi connectivity index (χ3v) is 5.70. The van der Waals surface area contributed by atoms with E-state index in [4.69, 9.17) is 4.52 Å². The van der Waals surface area contributed by atoms with Gasteiger partial charge in [-0.3, -0.25) is 5.01 Å². The summed E-state index contributed by atoms with van der Waals surface area (Å²) in [5.74, 6) is 2.62. The number of hydrazone groups is 1. The Balaban J connectivity index is 1.46. The van der Waals surface area contributed by atoms with Gasteiger partial charge >= 0.3 is 0 Å². The summed E-state index contributed by atoms with van der Waals surface area (Å²) in [6.45, 7) is 3.02. The Morgan fingerprint density at radius 3 is 2.67 bits per heavy atom. The molecule has 0 unspecified atom stereocenters. The van der Waals surface area contributed by atoms with Gasteiger partial charge in [0, 0.05) is 30.7 Å². The summed E-state index contributed by atoms with van der Waals surface area (Å²) in [6.07, 6.45) is 6.68. The molecule has 0 spiro atoms. The second-order valence-electron chi connectivity index (χ2n) is 6.88. The molecule has 6 heteroatoms. The second-order valence-corrected chi connectivity index (χ2v) is 7.75. The van der Waals surface area contributed by atoms with Crippen molar-refractivity contribution in [3.8, 4) is 11.5 Å². The van der Waals surface area contributed by atoms with Gasteiger partial charge in [0.15, 0.2) is 5.82 Å². The molecule has 0 radical (unpaired) electrons. The van der Waals surface area contributed by atoms with E-state index < -0.39 is 0 Å². The van der Waals surface area contributed by atoms with Crippen LogP contribution < -0.4 is 5.01 Å². The standard InChI is InChI=1S/C18H22N4OS/c1-13-7-10-22(20-13)15-5-3-14(4-6-15)17-19-16(21-23-17)11-18(8-9-18)12-24-2/h3-6H,7-12H2,1-2H3. The number of benzene rings is 1. The van der Waals surface area contributed by atoms with Crippen LogP contribution in [0.1, 0.15) is 32.0 Å². The van der Waals surface area contributed by atoms with Gasteiger partial charge in [-0.05, 0) is 61.5 Å². The third-order valence-electron chi connectivity index (χ3n) is 4.80. The van der Waals surface area contributed by atoms with Gasteiger partial charge < -0.3 is 4.52 Å². The lowest BCUT2D eigenvalue weighted by atomic mass is 10.1. The molecule has 1 aliphatic carbocycles. The minimum atomic E-state index is 0.413. The highest BCUT2D eigenvalue weighted by atomic mass is 32.2. The predicted octanol–water partition coefficient (Wildman–Crippen LogP) is 4.01. The van der Waals surface area contributed by atoms with Crippen molar-refractivity contribution in [1.29, 1.82) is 0 Å². The van der Waals surface area contributed by atoms with Crippen LogP contribution in [-0.2, 0) is 6.42 Å². The predicted molar refractivity (Wildman–Crippen MR) is 98.6 cm³/mol. The molecule has 1 aliphatic heterocycles. The van der Waals surface area contributed by atoms with Crippen molar-refractivity contribution < 1.29 is 4.52 Å². The Labute approximate surface area is 146 Å². The molecule has 1 fully saturated rings. The quantitative estimate of drug-likeness (QED) is 0.794. The van der Waals surface area contributed by atoms with Crippen LogP contribution in [0.4, 0.5) is 5.69 Å². The third kappa shape index (κ3) is 3.20. The first-order chi connectivity index (χ1) is 11.7. The van der Waals surface area contributed by atoms with Gasteiger partial charge in [-0.15, -0.1) is 0 Å². The topological polar surface area (TPSA) is 54.5 Å². The van der Waals surface area contributed by atoms with E-state index in [-0.39, 0.29) is 0 Å². The van der Waals surface area contributed by atoms with Crippen molar-refractivity contribution in [1.82, 2.24) is 10.1 Å². The van der Waals surface area contributed by atoms with E-state index in [2.05, 4.69) is 40.6 Å². The monoisotopic (exact) mass is 342 g/mol. The number of thioether (sulfide) groups is 1. The largest absolute Gasteiger partial charge is 0.334 e. The first kappa shape index (κ1) is 15.7. The van der Waals surface area contributed by atoms with Crippen LogP contribution >= 0.6 is 11.8 Å². The maximum Gasteiger partial charge on any atom is 0.257 e. The fraction of sp³-hybridized carbons (Fsp3) is 0.500. The number of aromatic nitrogens is 2. The maximum atomic E-state index is 5.48. The molecule has 4 rings (SSSR count). The van der Waals surface area contributed by atoms with Crippen LogP contribution in [-0.4, -0.2) is 34.4 Å². The van der Waals surface area contributed by atoms with Gasteiger partial charge in [0.25, 0.3) is 5.89 Å². The fourth-order valence-corrected chi connectivity index (χ4v) is 4.17. The molecule has 1 saturated carbocycles. The lowest BCUT2D eigenvalue weighted by Crippen LogP contribution is -2.11. The van der Waals surface area contributed by atoms with Crippen LogP contribution in [0.25, 0.3) is 11.5 Å². The van der Waals surface area contributed by atoms with E-state index in [0.29, 0.717) is 11.3 Å². The molecule has 0 amide bonds. The molecule has 0 bridgehead atoms. The molecule has 2 heterocycles. The summed E-state index contributed by atoms with van der Waals surface area (Å²) in [7, 11) is 0. The maximum absolute atomic E-state index is 5.48. The lowest BCUT2D eigenvalue weighted by molar-refractivity contribution is 0.414. The van der Waals surface area contributed by atoms with Gasteiger partial charge in [0.2, 0.25) is 0 Å². The van der Waals surface area contributed by atoms with E-state index in [1.807, 2.05) is 28.9 Å². The highest BCUT2D eigenvalue weighted by Crippen LogP contribution is 2.50. The van der Waals surface area contributed by atoms with Crippen LogP contribution in [0, 0.1) is 5.41 Å². The molecule has 0 N–H and O–H groups in total. The molecule has 5 nitrogen and oxygen atoms in total. The number of anilines is 1. The zero-order chi connectivity index (χ0) is 16.6. The van der Waals surface area contributed by atoms with Crippen LogP contribution in [0.15, 0.2) is 33.9 Å². The highest BCUT2D eigenvalue weighted by molar-refractivity contribution is 7.98. The van der Waals surface area contributed by atoms with Crippen molar-refractivity contribution in [3.05, 3.63) is 30.1 Å². The molecule has 2 aliphatic rings. The van der Waals surface area contributed by atoms with Gasteiger partial charge in [-0.1, -0.05) is 5.16 Å².